The van der Waals surface area contributed by atoms with Crippen LogP contribution in [0.25, 0.3) is 0 Å². The van der Waals surface area contributed by atoms with Crippen molar-refractivity contribution in [1.29, 1.82) is 0 Å². The molecule has 1 aliphatic heterocycles. The largest absolute Gasteiger partial charge is 0.381 e. The molecule has 1 unspecified atom stereocenters. The third-order valence-corrected chi connectivity index (χ3v) is 4.06. The Kier molecular flexibility index (Phi) is 4.62. The third-order valence-electron chi connectivity index (χ3n) is 4.06. The maximum atomic E-state index is 12.4. The smallest absolute Gasteiger partial charge is 0.256 e. The first-order valence-electron chi connectivity index (χ1n) is 7.85. The monoisotopic (exact) mass is 314 g/mol. The first kappa shape index (κ1) is 15.6. The summed E-state index contributed by atoms with van der Waals surface area (Å²) in [5.74, 6) is 0.719. The number of aromatic nitrogens is 2. The second-order valence-corrected chi connectivity index (χ2v) is 6.02. The van der Waals surface area contributed by atoms with E-state index in [1.165, 1.54) is 0 Å². The topological polar surface area (TPSA) is 70.2 Å². The van der Waals surface area contributed by atoms with Crippen LogP contribution in [0, 0.1) is 0 Å². The van der Waals surface area contributed by atoms with E-state index in [2.05, 4.69) is 15.5 Å². The lowest BCUT2D eigenvalue weighted by Crippen LogP contribution is -2.15. The molecule has 0 spiro atoms. The molecule has 2 aromatic rings. The Hall–Kier alpha value is -2.34. The average Bonchev–Trinajstić information content (AvgIpc) is 3.04. The van der Waals surface area contributed by atoms with E-state index in [0.717, 1.165) is 30.8 Å². The zero-order valence-electron chi connectivity index (χ0n) is 13.5. The van der Waals surface area contributed by atoms with Crippen LogP contribution < -0.4 is 10.2 Å². The molecule has 0 radical (unpaired) electrons. The zero-order valence-corrected chi connectivity index (χ0v) is 13.5. The van der Waals surface area contributed by atoms with Crippen LogP contribution in [-0.4, -0.2) is 43.4 Å². The Bertz CT molecular complexity index is 675. The quantitative estimate of drug-likeness (QED) is 0.910. The molecule has 2 heterocycles. The lowest BCUT2D eigenvalue weighted by atomic mass is 9.99. The number of amides is 1. The highest BCUT2D eigenvalue weighted by Crippen LogP contribution is 2.25. The molecule has 122 valence electrons. The molecule has 1 aromatic carbocycles. The minimum absolute atomic E-state index is 0.161. The summed E-state index contributed by atoms with van der Waals surface area (Å²) in [6.07, 6.45) is 2.14. The number of anilines is 2. The van der Waals surface area contributed by atoms with E-state index in [0.29, 0.717) is 23.9 Å². The molecule has 1 saturated heterocycles. The summed E-state index contributed by atoms with van der Waals surface area (Å²) < 4.78 is 5.49. The Balaban J connectivity index is 1.68. The van der Waals surface area contributed by atoms with E-state index in [1.54, 1.807) is 6.07 Å². The Labute approximate surface area is 135 Å². The van der Waals surface area contributed by atoms with Crippen LogP contribution in [-0.2, 0) is 4.74 Å². The zero-order chi connectivity index (χ0) is 16.2. The molecule has 0 saturated carbocycles. The minimum Gasteiger partial charge on any atom is -0.381 e. The van der Waals surface area contributed by atoms with Crippen molar-refractivity contribution in [3.63, 3.8) is 0 Å². The Morgan fingerprint density at radius 2 is 2.26 bits per heavy atom. The van der Waals surface area contributed by atoms with Gasteiger partial charge in [0.1, 0.15) is 0 Å². The summed E-state index contributed by atoms with van der Waals surface area (Å²) in [4.78, 5) is 14.3. The van der Waals surface area contributed by atoms with Gasteiger partial charge in [0.05, 0.1) is 6.61 Å². The summed E-state index contributed by atoms with van der Waals surface area (Å²) in [6.45, 7) is 1.54. The highest BCUT2D eigenvalue weighted by molar-refractivity contribution is 6.04. The molecular weight excluding hydrogens is 292 g/mol. The average molecular weight is 314 g/mol. The van der Waals surface area contributed by atoms with Gasteiger partial charge in [0.15, 0.2) is 5.82 Å². The van der Waals surface area contributed by atoms with Crippen molar-refractivity contribution in [3.05, 3.63) is 41.6 Å². The number of rotatable bonds is 4. The first-order chi connectivity index (χ1) is 11.1. The lowest BCUT2D eigenvalue weighted by Gasteiger charge is -2.20. The Morgan fingerprint density at radius 1 is 1.39 bits per heavy atom. The highest BCUT2D eigenvalue weighted by Gasteiger charge is 2.19. The number of nitrogens with zero attached hydrogens (tertiary/aromatic N) is 2. The van der Waals surface area contributed by atoms with Crippen LogP contribution in [0.5, 0.6) is 0 Å². The molecule has 1 aromatic heterocycles. The highest BCUT2D eigenvalue weighted by atomic mass is 16.5. The maximum absolute atomic E-state index is 12.4. The van der Waals surface area contributed by atoms with Gasteiger partial charge in [0.2, 0.25) is 0 Å². The van der Waals surface area contributed by atoms with Gasteiger partial charge in [-0.05, 0) is 31.0 Å². The van der Waals surface area contributed by atoms with E-state index in [-0.39, 0.29) is 5.91 Å². The van der Waals surface area contributed by atoms with Crippen LogP contribution in [0.3, 0.4) is 0 Å². The Morgan fingerprint density at radius 3 is 3.00 bits per heavy atom. The van der Waals surface area contributed by atoms with E-state index in [9.17, 15) is 4.79 Å². The van der Waals surface area contributed by atoms with E-state index in [1.807, 2.05) is 43.3 Å². The fourth-order valence-corrected chi connectivity index (χ4v) is 2.71. The van der Waals surface area contributed by atoms with E-state index in [4.69, 9.17) is 4.74 Å². The van der Waals surface area contributed by atoms with Crippen LogP contribution in [0.2, 0.25) is 0 Å². The molecule has 23 heavy (non-hydrogen) atoms. The number of benzene rings is 1. The molecule has 6 nitrogen and oxygen atoms in total. The maximum Gasteiger partial charge on any atom is 0.256 e. The molecular formula is C17H22N4O2. The van der Waals surface area contributed by atoms with Gasteiger partial charge in [-0.2, -0.15) is 5.10 Å². The molecule has 1 fully saturated rings. The number of carbonyl (C=O) groups excluding carboxylic acids is 1. The molecule has 2 N–H and O–H groups in total. The molecule has 6 heteroatoms. The first-order valence-corrected chi connectivity index (χ1v) is 7.85. The number of hydrogen-bond acceptors (Lipinski definition) is 4. The molecule has 1 aliphatic rings. The van der Waals surface area contributed by atoms with Gasteiger partial charge < -0.3 is 15.0 Å². The summed E-state index contributed by atoms with van der Waals surface area (Å²) >= 11 is 0. The van der Waals surface area contributed by atoms with Gasteiger partial charge in [-0.3, -0.25) is 9.89 Å². The van der Waals surface area contributed by atoms with Crippen molar-refractivity contribution in [1.82, 2.24) is 10.2 Å². The minimum atomic E-state index is -0.161. The van der Waals surface area contributed by atoms with Crippen molar-refractivity contribution in [2.75, 3.05) is 37.5 Å². The number of H-pyrrole nitrogens is 1. The molecule has 1 atom stereocenters. The lowest BCUT2D eigenvalue weighted by molar-refractivity contribution is 0.0793. The predicted molar refractivity (Wildman–Crippen MR) is 90.1 cm³/mol. The second-order valence-electron chi connectivity index (χ2n) is 6.02. The number of aromatic amines is 1. The predicted octanol–water partition coefficient (Wildman–Crippen LogP) is 2.62. The molecule has 1 amide bonds. The van der Waals surface area contributed by atoms with Gasteiger partial charge in [0, 0.05) is 49.6 Å². The second kappa shape index (κ2) is 6.83. The van der Waals surface area contributed by atoms with Gasteiger partial charge in [-0.15, -0.1) is 0 Å². The standard InChI is InChI=1S/C17H22N4O2/c1-21(2)14-7-3-5-12(9-14)17(22)18-16-10-15(19-20-16)13-6-4-8-23-11-13/h3,5,7,9-10,13H,4,6,8,11H2,1-2H3,(H2,18,19,20,22). The molecule has 0 bridgehead atoms. The van der Waals surface area contributed by atoms with Gasteiger partial charge in [-0.1, -0.05) is 6.07 Å². The van der Waals surface area contributed by atoms with Crippen molar-refractivity contribution < 1.29 is 9.53 Å². The van der Waals surface area contributed by atoms with Gasteiger partial charge in [0.25, 0.3) is 5.91 Å². The summed E-state index contributed by atoms with van der Waals surface area (Å²) in [7, 11) is 3.90. The van der Waals surface area contributed by atoms with Crippen LogP contribution in [0.4, 0.5) is 11.5 Å². The van der Waals surface area contributed by atoms with Crippen molar-refractivity contribution >= 4 is 17.4 Å². The van der Waals surface area contributed by atoms with Crippen molar-refractivity contribution in [2.24, 2.45) is 0 Å². The van der Waals surface area contributed by atoms with Crippen LogP contribution in [0.1, 0.15) is 34.8 Å². The SMILES string of the molecule is CN(C)c1cccc(C(=O)Nc2cc(C3CCCOC3)[nH]n2)c1. The van der Waals surface area contributed by atoms with Crippen LogP contribution >= 0.6 is 0 Å². The van der Waals surface area contributed by atoms with E-state index >= 15 is 0 Å². The number of carbonyl (C=O) groups is 1. The summed E-state index contributed by atoms with van der Waals surface area (Å²) in [5, 5.41) is 10.0. The number of ether oxygens (including phenoxy) is 1. The fourth-order valence-electron chi connectivity index (χ4n) is 2.71. The van der Waals surface area contributed by atoms with E-state index < -0.39 is 0 Å². The van der Waals surface area contributed by atoms with Gasteiger partial charge >= 0.3 is 0 Å². The third kappa shape index (κ3) is 3.71. The van der Waals surface area contributed by atoms with Gasteiger partial charge in [-0.25, -0.2) is 0 Å². The number of hydrogen-bond donors (Lipinski definition) is 2. The molecule has 0 aliphatic carbocycles. The summed E-state index contributed by atoms with van der Waals surface area (Å²) in [5.41, 5.74) is 2.61. The molecule has 3 rings (SSSR count). The van der Waals surface area contributed by atoms with Crippen molar-refractivity contribution in [2.45, 2.75) is 18.8 Å². The normalized spacial score (nSPS) is 17.7. The summed E-state index contributed by atoms with van der Waals surface area (Å²) in [6, 6.07) is 9.39. The van der Waals surface area contributed by atoms with Crippen LogP contribution in [0.15, 0.2) is 30.3 Å². The van der Waals surface area contributed by atoms with Crippen molar-refractivity contribution in [3.8, 4) is 0 Å². The number of nitrogens with one attached hydrogen (secondary N) is 2. The fraction of sp³-hybridized carbons (Fsp3) is 0.412.